The van der Waals surface area contributed by atoms with E-state index in [0.717, 1.165) is 11.4 Å². The Kier molecular flexibility index (Phi) is 5.19. The van der Waals surface area contributed by atoms with Gasteiger partial charge in [-0.3, -0.25) is 4.79 Å². The van der Waals surface area contributed by atoms with Crippen LogP contribution in [0, 0.1) is 0 Å². The second-order valence-electron chi connectivity index (χ2n) is 5.67. The Morgan fingerprint density at radius 2 is 2.05 bits per heavy atom. The molecular weight excluding hydrogens is 300 g/mol. The van der Waals surface area contributed by atoms with Gasteiger partial charge in [-0.05, 0) is 13.0 Å². The molecule has 0 fully saturated rings. The summed E-state index contributed by atoms with van der Waals surface area (Å²) in [5.41, 5.74) is 0.835. The summed E-state index contributed by atoms with van der Waals surface area (Å²) in [6.07, 6.45) is 5.22. The van der Waals surface area contributed by atoms with Crippen molar-refractivity contribution >= 4 is 17.5 Å². The Balaban J connectivity index is 2.13. The Labute approximate surface area is 135 Å². The van der Waals surface area contributed by atoms with Crippen LogP contribution < -0.4 is 0 Å². The van der Waals surface area contributed by atoms with E-state index in [1.54, 1.807) is 24.3 Å². The number of imidazole rings is 1. The molecule has 118 valence electrons. The van der Waals surface area contributed by atoms with Gasteiger partial charge in [0, 0.05) is 43.7 Å². The van der Waals surface area contributed by atoms with E-state index in [9.17, 15) is 4.79 Å². The van der Waals surface area contributed by atoms with E-state index >= 15 is 0 Å². The summed E-state index contributed by atoms with van der Waals surface area (Å²) >= 11 is 6.05. The number of rotatable bonds is 5. The zero-order chi connectivity index (χ0) is 16.3. The van der Waals surface area contributed by atoms with Crippen LogP contribution in [0.5, 0.6) is 0 Å². The Morgan fingerprint density at radius 1 is 1.32 bits per heavy atom. The van der Waals surface area contributed by atoms with Gasteiger partial charge in [-0.25, -0.2) is 9.97 Å². The predicted octanol–water partition coefficient (Wildman–Crippen LogP) is 3.27. The van der Waals surface area contributed by atoms with E-state index < -0.39 is 0 Å². The first-order chi connectivity index (χ1) is 10.4. The van der Waals surface area contributed by atoms with Gasteiger partial charge in [-0.15, -0.1) is 0 Å². The summed E-state index contributed by atoms with van der Waals surface area (Å²) in [6.45, 7) is 6.45. The number of likely N-dealkylation sites (N-methyl/N-ethyl adjacent to an activating group) is 1. The molecule has 0 radical (unpaired) electrons. The molecule has 2 heterocycles. The molecule has 0 aliphatic heterocycles. The first-order valence-electron chi connectivity index (χ1n) is 7.29. The fourth-order valence-corrected chi connectivity index (χ4v) is 2.59. The average molecular weight is 321 g/mol. The van der Waals surface area contributed by atoms with Crippen LogP contribution in [0.2, 0.25) is 5.15 Å². The fraction of sp³-hybridized carbons (Fsp3) is 0.438. The molecular formula is C16H21ClN4O. The van der Waals surface area contributed by atoms with Crippen LogP contribution in [-0.2, 0) is 11.3 Å². The second-order valence-corrected chi connectivity index (χ2v) is 6.03. The maximum atomic E-state index is 12.6. The molecule has 0 N–H and O–H groups in total. The van der Waals surface area contributed by atoms with Crippen molar-refractivity contribution < 1.29 is 4.79 Å². The van der Waals surface area contributed by atoms with Crippen molar-refractivity contribution in [1.82, 2.24) is 19.4 Å². The topological polar surface area (TPSA) is 51.0 Å². The highest BCUT2D eigenvalue weighted by Crippen LogP contribution is 2.20. The summed E-state index contributed by atoms with van der Waals surface area (Å²) in [5, 5.41) is 0.431. The molecule has 0 saturated carbocycles. The standard InChI is InChI=1S/C16H21ClN4O/c1-11(2)15-19-8-9-21(15)12(3)16(22)20(4)10-13-6-5-7-18-14(13)17/h5-9,11-12H,10H2,1-4H3. The third-order valence-electron chi connectivity index (χ3n) is 3.61. The van der Waals surface area contributed by atoms with E-state index in [1.165, 1.54) is 0 Å². The summed E-state index contributed by atoms with van der Waals surface area (Å²) in [7, 11) is 1.77. The number of nitrogens with zero attached hydrogens (tertiary/aromatic N) is 4. The Bertz CT molecular complexity index is 653. The molecule has 0 spiro atoms. The lowest BCUT2D eigenvalue weighted by Gasteiger charge is -2.24. The lowest BCUT2D eigenvalue weighted by molar-refractivity contribution is -0.133. The molecule has 1 unspecified atom stereocenters. The van der Waals surface area contributed by atoms with Gasteiger partial charge >= 0.3 is 0 Å². The van der Waals surface area contributed by atoms with Crippen molar-refractivity contribution in [2.45, 2.75) is 39.3 Å². The first-order valence-corrected chi connectivity index (χ1v) is 7.66. The second kappa shape index (κ2) is 6.92. The van der Waals surface area contributed by atoms with E-state index in [2.05, 4.69) is 23.8 Å². The Hall–Kier alpha value is -1.88. The predicted molar refractivity (Wildman–Crippen MR) is 86.7 cm³/mol. The summed E-state index contributed by atoms with van der Waals surface area (Å²) in [6, 6.07) is 3.39. The van der Waals surface area contributed by atoms with Crippen LogP contribution in [0.4, 0.5) is 0 Å². The maximum Gasteiger partial charge on any atom is 0.245 e. The SMILES string of the molecule is CC(C)c1nccn1C(C)C(=O)N(C)Cc1cccnc1Cl. The molecule has 1 atom stereocenters. The molecule has 0 aliphatic rings. The minimum absolute atomic E-state index is 0.0137. The van der Waals surface area contributed by atoms with Crippen molar-refractivity contribution in [3.8, 4) is 0 Å². The van der Waals surface area contributed by atoms with Gasteiger partial charge in [-0.1, -0.05) is 31.5 Å². The zero-order valence-electron chi connectivity index (χ0n) is 13.3. The van der Waals surface area contributed by atoms with Gasteiger partial charge < -0.3 is 9.47 Å². The van der Waals surface area contributed by atoms with Crippen LogP contribution in [0.15, 0.2) is 30.7 Å². The van der Waals surface area contributed by atoms with Crippen LogP contribution >= 0.6 is 11.6 Å². The van der Waals surface area contributed by atoms with Crippen molar-refractivity contribution in [2.24, 2.45) is 0 Å². The van der Waals surface area contributed by atoms with Crippen molar-refractivity contribution in [3.63, 3.8) is 0 Å². The van der Waals surface area contributed by atoms with E-state index in [0.29, 0.717) is 11.7 Å². The van der Waals surface area contributed by atoms with Crippen LogP contribution in [-0.4, -0.2) is 32.4 Å². The molecule has 22 heavy (non-hydrogen) atoms. The van der Waals surface area contributed by atoms with Gasteiger partial charge in [0.2, 0.25) is 5.91 Å². The van der Waals surface area contributed by atoms with Crippen molar-refractivity contribution in [2.75, 3.05) is 7.05 Å². The molecule has 0 aliphatic carbocycles. The van der Waals surface area contributed by atoms with Crippen LogP contribution in [0.25, 0.3) is 0 Å². The molecule has 2 rings (SSSR count). The number of pyridine rings is 1. The van der Waals surface area contributed by atoms with E-state index in [-0.39, 0.29) is 17.9 Å². The largest absolute Gasteiger partial charge is 0.340 e. The normalized spacial score (nSPS) is 12.5. The average Bonchev–Trinajstić information content (AvgIpc) is 2.97. The van der Waals surface area contributed by atoms with Crippen molar-refractivity contribution in [1.29, 1.82) is 0 Å². The van der Waals surface area contributed by atoms with Gasteiger partial charge in [0.05, 0.1) is 0 Å². The molecule has 2 aromatic rings. The number of carbonyl (C=O) groups excluding carboxylic acids is 1. The molecule has 5 nitrogen and oxygen atoms in total. The monoisotopic (exact) mass is 320 g/mol. The van der Waals surface area contributed by atoms with Gasteiger partial charge in [0.25, 0.3) is 0 Å². The summed E-state index contributed by atoms with van der Waals surface area (Å²) < 4.78 is 1.92. The molecule has 2 aromatic heterocycles. The third-order valence-corrected chi connectivity index (χ3v) is 3.95. The summed E-state index contributed by atoms with van der Waals surface area (Å²) in [4.78, 5) is 22.7. The number of hydrogen-bond acceptors (Lipinski definition) is 3. The van der Waals surface area contributed by atoms with Gasteiger partial charge in [0.1, 0.15) is 17.0 Å². The Morgan fingerprint density at radius 3 is 2.68 bits per heavy atom. The van der Waals surface area contributed by atoms with E-state index in [1.807, 2.05) is 29.8 Å². The first kappa shape index (κ1) is 16.5. The minimum Gasteiger partial charge on any atom is -0.340 e. The smallest absolute Gasteiger partial charge is 0.245 e. The third kappa shape index (κ3) is 3.47. The summed E-state index contributed by atoms with van der Waals surface area (Å²) in [5.74, 6) is 1.19. The molecule has 0 aromatic carbocycles. The quantitative estimate of drug-likeness (QED) is 0.794. The molecule has 0 saturated heterocycles. The lowest BCUT2D eigenvalue weighted by Crippen LogP contribution is -2.33. The molecule has 6 heteroatoms. The van der Waals surface area contributed by atoms with Gasteiger partial charge in [0.15, 0.2) is 0 Å². The lowest BCUT2D eigenvalue weighted by atomic mass is 10.2. The number of aromatic nitrogens is 3. The zero-order valence-corrected chi connectivity index (χ0v) is 14.1. The molecule has 1 amide bonds. The van der Waals surface area contributed by atoms with Crippen molar-refractivity contribution in [3.05, 3.63) is 47.3 Å². The number of hydrogen-bond donors (Lipinski definition) is 0. The highest BCUT2D eigenvalue weighted by atomic mass is 35.5. The van der Waals surface area contributed by atoms with Gasteiger partial charge in [-0.2, -0.15) is 0 Å². The minimum atomic E-state index is -0.305. The highest BCUT2D eigenvalue weighted by Gasteiger charge is 2.22. The highest BCUT2D eigenvalue weighted by molar-refractivity contribution is 6.30. The maximum absolute atomic E-state index is 12.6. The molecule has 0 bridgehead atoms. The van der Waals surface area contributed by atoms with E-state index in [4.69, 9.17) is 11.6 Å². The number of amides is 1. The van der Waals surface area contributed by atoms with Crippen LogP contribution in [0.1, 0.15) is 44.1 Å². The number of halogens is 1. The number of carbonyl (C=O) groups is 1. The van der Waals surface area contributed by atoms with Crippen LogP contribution in [0.3, 0.4) is 0 Å². The fourth-order valence-electron chi connectivity index (χ4n) is 2.41.